The van der Waals surface area contributed by atoms with Crippen LogP contribution in [0.3, 0.4) is 0 Å². The molecule has 1 N–H and O–H groups in total. The number of anilines is 1. The van der Waals surface area contributed by atoms with Crippen LogP contribution in [0.2, 0.25) is 0 Å². The standard InChI is InChI=1S/C15H14F3N3O2/c1-9(2)14(23)20-11-6-5-10(15(16,17)18)8-12(11)21-13(22)4-3-7-19-21/h3-9H,1-2H3,(H,20,23). The van der Waals surface area contributed by atoms with Gasteiger partial charge in [-0.05, 0) is 24.3 Å². The molecule has 0 aliphatic rings. The van der Waals surface area contributed by atoms with Gasteiger partial charge in [0.15, 0.2) is 0 Å². The second-order valence-electron chi connectivity index (χ2n) is 5.15. The Bertz CT molecular complexity index is 782. The highest BCUT2D eigenvalue weighted by atomic mass is 19.4. The van der Waals surface area contributed by atoms with Gasteiger partial charge >= 0.3 is 6.18 Å². The van der Waals surface area contributed by atoms with Crippen molar-refractivity contribution in [2.24, 2.45) is 5.92 Å². The Labute approximate surface area is 129 Å². The summed E-state index contributed by atoms with van der Waals surface area (Å²) in [7, 11) is 0. The molecule has 2 rings (SSSR count). The van der Waals surface area contributed by atoms with Crippen LogP contribution in [0.25, 0.3) is 5.69 Å². The van der Waals surface area contributed by atoms with Crippen molar-refractivity contribution in [3.63, 3.8) is 0 Å². The number of aromatic nitrogens is 2. The fraction of sp³-hybridized carbons (Fsp3) is 0.267. The van der Waals surface area contributed by atoms with Crippen molar-refractivity contribution in [1.29, 1.82) is 0 Å². The lowest BCUT2D eigenvalue weighted by molar-refractivity contribution is -0.137. The number of hydrogen-bond acceptors (Lipinski definition) is 3. The number of amides is 1. The maximum absolute atomic E-state index is 12.9. The normalized spacial score (nSPS) is 11.6. The molecule has 0 unspecified atom stereocenters. The molecule has 0 fully saturated rings. The van der Waals surface area contributed by atoms with Gasteiger partial charge in [-0.25, -0.2) is 0 Å². The van der Waals surface area contributed by atoms with Crippen LogP contribution in [-0.4, -0.2) is 15.7 Å². The smallest absolute Gasteiger partial charge is 0.324 e. The molecule has 1 aromatic heterocycles. The summed E-state index contributed by atoms with van der Waals surface area (Å²) in [6.45, 7) is 3.29. The van der Waals surface area contributed by atoms with Crippen molar-refractivity contribution in [2.45, 2.75) is 20.0 Å². The van der Waals surface area contributed by atoms with Crippen LogP contribution in [0.1, 0.15) is 19.4 Å². The van der Waals surface area contributed by atoms with E-state index in [-0.39, 0.29) is 23.2 Å². The summed E-state index contributed by atoms with van der Waals surface area (Å²) in [6, 6.07) is 5.28. The summed E-state index contributed by atoms with van der Waals surface area (Å²) in [4.78, 5) is 23.7. The molecule has 122 valence electrons. The molecule has 0 radical (unpaired) electrons. The van der Waals surface area contributed by atoms with E-state index in [1.807, 2.05) is 0 Å². The molecule has 0 aliphatic heterocycles. The molecule has 0 saturated heterocycles. The van der Waals surface area contributed by atoms with E-state index < -0.39 is 17.3 Å². The third kappa shape index (κ3) is 3.77. The monoisotopic (exact) mass is 325 g/mol. The predicted molar refractivity (Wildman–Crippen MR) is 78.3 cm³/mol. The number of carbonyl (C=O) groups is 1. The highest BCUT2D eigenvalue weighted by molar-refractivity contribution is 5.94. The summed E-state index contributed by atoms with van der Waals surface area (Å²) < 4.78 is 39.5. The molecule has 2 aromatic rings. The van der Waals surface area contributed by atoms with Crippen molar-refractivity contribution in [3.8, 4) is 5.69 Å². The molecule has 1 amide bonds. The van der Waals surface area contributed by atoms with E-state index >= 15 is 0 Å². The highest BCUT2D eigenvalue weighted by Crippen LogP contribution is 2.32. The SMILES string of the molecule is CC(C)C(=O)Nc1ccc(C(F)(F)F)cc1-n1ncccc1=O. The predicted octanol–water partition coefficient (Wildman–Crippen LogP) is 2.85. The minimum atomic E-state index is -4.58. The minimum absolute atomic E-state index is 0.0810. The van der Waals surface area contributed by atoms with Gasteiger partial charge in [-0.2, -0.15) is 23.0 Å². The Kier molecular flexibility index (Phi) is 4.53. The molecular formula is C15H14F3N3O2. The van der Waals surface area contributed by atoms with E-state index in [1.165, 1.54) is 18.3 Å². The van der Waals surface area contributed by atoms with Crippen molar-refractivity contribution in [2.75, 3.05) is 5.32 Å². The summed E-state index contributed by atoms with van der Waals surface area (Å²) in [5.74, 6) is -0.749. The van der Waals surface area contributed by atoms with Gasteiger partial charge in [0.25, 0.3) is 5.56 Å². The second-order valence-corrected chi connectivity index (χ2v) is 5.15. The van der Waals surface area contributed by atoms with Gasteiger partial charge in [0.1, 0.15) is 0 Å². The molecule has 1 heterocycles. The molecule has 0 saturated carbocycles. The number of benzene rings is 1. The first-order chi connectivity index (χ1) is 10.7. The number of hydrogen-bond donors (Lipinski definition) is 1. The summed E-state index contributed by atoms with van der Waals surface area (Å²) in [6.07, 6.45) is -3.30. The van der Waals surface area contributed by atoms with E-state index in [1.54, 1.807) is 13.8 Å². The molecule has 8 heteroatoms. The first-order valence-corrected chi connectivity index (χ1v) is 6.77. The molecule has 23 heavy (non-hydrogen) atoms. The molecule has 0 aliphatic carbocycles. The van der Waals surface area contributed by atoms with Crippen LogP contribution in [0.4, 0.5) is 18.9 Å². The second kappa shape index (κ2) is 6.23. The zero-order valence-corrected chi connectivity index (χ0v) is 12.4. The first kappa shape index (κ1) is 16.7. The number of alkyl halides is 3. The van der Waals surface area contributed by atoms with E-state index in [9.17, 15) is 22.8 Å². The zero-order chi connectivity index (χ0) is 17.2. The Morgan fingerprint density at radius 1 is 1.26 bits per heavy atom. The highest BCUT2D eigenvalue weighted by Gasteiger charge is 2.31. The van der Waals surface area contributed by atoms with Crippen molar-refractivity contribution in [3.05, 3.63) is 52.4 Å². The lowest BCUT2D eigenvalue weighted by atomic mass is 10.1. The summed E-state index contributed by atoms with van der Waals surface area (Å²) in [5.41, 5.74) is -1.60. The average Bonchev–Trinajstić information content (AvgIpc) is 2.47. The van der Waals surface area contributed by atoms with Crippen LogP contribution in [-0.2, 0) is 11.0 Å². The van der Waals surface area contributed by atoms with Crippen LogP contribution in [0, 0.1) is 5.92 Å². The van der Waals surface area contributed by atoms with Gasteiger partial charge < -0.3 is 5.32 Å². The van der Waals surface area contributed by atoms with Crippen LogP contribution in [0.5, 0.6) is 0 Å². The van der Waals surface area contributed by atoms with Crippen LogP contribution < -0.4 is 10.9 Å². The van der Waals surface area contributed by atoms with E-state index in [2.05, 4.69) is 10.4 Å². The number of nitrogens with one attached hydrogen (secondary N) is 1. The molecular weight excluding hydrogens is 311 g/mol. The van der Waals surface area contributed by atoms with Crippen LogP contribution in [0.15, 0.2) is 41.3 Å². The Balaban J connectivity index is 2.61. The Morgan fingerprint density at radius 2 is 1.96 bits per heavy atom. The topological polar surface area (TPSA) is 64.0 Å². The quantitative estimate of drug-likeness (QED) is 0.944. The number of halogens is 3. The van der Waals surface area contributed by atoms with Crippen molar-refractivity contribution >= 4 is 11.6 Å². The number of nitrogens with zero attached hydrogens (tertiary/aromatic N) is 2. The van der Waals surface area contributed by atoms with Crippen molar-refractivity contribution < 1.29 is 18.0 Å². The van der Waals surface area contributed by atoms with E-state index in [4.69, 9.17) is 0 Å². The molecule has 0 spiro atoms. The third-order valence-electron chi connectivity index (χ3n) is 3.05. The fourth-order valence-corrected chi connectivity index (χ4v) is 1.80. The fourth-order valence-electron chi connectivity index (χ4n) is 1.80. The van der Waals surface area contributed by atoms with Gasteiger partial charge in [0.05, 0.1) is 16.9 Å². The Morgan fingerprint density at radius 3 is 2.52 bits per heavy atom. The molecule has 5 nitrogen and oxygen atoms in total. The molecule has 0 atom stereocenters. The van der Waals surface area contributed by atoms with Gasteiger partial charge in [0, 0.05) is 18.2 Å². The first-order valence-electron chi connectivity index (χ1n) is 6.77. The maximum atomic E-state index is 12.9. The number of rotatable bonds is 3. The minimum Gasteiger partial charge on any atom is -0.324 e. The summed E-state index contributed by atoms with van der Waals surface area (Å²) in [5, 5.41) is 6.28. The molecule has 0 bridgehead atoms. The van der Waals surface area contributed by atoms with Crippen LogP contribution >= 0.6 is 0 Å². The molecule has 1 aromatic carbocycles. The van der Waals surface area contributed by atoms with Gasteiger partial charge in [-0.15, -0.1) is 0 Å². The zero-order valence-electron chi connectivity index (χ0n) is 12.4. The van der Waals surface area contributed by atoms with E-state index in [0.717, 1.165) is 22.9 Å². The summed E-state index contributed by atoms with van der Waals surface area (Å²) >= 11 is 0. The lowest BCUT2D eigenvalue weighted by Gasteiger charge is -2.15. The third-order valence-corrected chi connectivity index (χ3v) is 3.05. The van der Waals surface area contributed by atoms with Gasteiger partial charge in [-0.1, -0.05) is 13.8 Å². The van der Waals surface area contributed by atoms with E-state index in [0.29, 0.717) is 0 Å². The maximum Gasteiger partial charge on any atom is 0.416 e. The Hall–Kier alpha value is -2.64. The van der Waals surface area contributed by atoms with Gasteiger partial charge in [0.2, 0.25) is 5.91 Å². The van der Waals surface area contributed by atoms with Gasteiger partial charge in [-0.3, -0.25) is 9.59 Å². The average molecular weight is 325 g/mol. The lowest BCUT2D eigenvalue weighted by Crippen LogP contribution is -2.24. The van der Waals surface area contributed by atoms with Crippen molar-refractivity contribution in [1.82, 2.24) is 9.78 Å². The number of carbonyl (C=O) groups excluding carboxylic acids is 1. The largest absolute Gasteiger partial charge is 0.416 e.